The van der Waals surface area contributed by atoms with E-state index in [1.54, 1.807) is 0 Å². The molecule has 8 nitrogen and oxygen atoms in total. The van der Waals surface area contributed by atoms with Gasteiger partial charge >= 0.3 is 0 Å². The topological polar surface area (TPSA) is 108 Å². The molecule has 0 fully saturated rings. The van der Waals surface area contributed by atoms with Crippen molar-refractivity contribution >= 4 is 13.7 Å². The Kier molecular flexibility index (Phi) is 50.1. The van der Waals surface area contributed by atoms with Crippen molar-refractivity contribution in [3.63, 3.8) is 0 Å². The molecule has 0 aliphatic carbocycles. The van der Waals surface area contributed by atoms with Crippen LogP contribution in [0.5, 0.6) is 0 Å². The van der Waals surface area contributed by atoms with Crippen molar-refractivity contribution in [1.29, 1.82) is 0 Å². The van der Waals surface area contributed by atoms with Gasteiger partial charge in [-0.3, -0.25) is 9.36 Å². The molecule has 3 unspecified atom stereocenters. The number of rotatable bonds is 55. The van der Waals surface area contributed by atoms with Gasteiger partial charge in [0.1, 0.15) is 13.2 Å². The van der Waals surface area contributed by atoms with Gasteiger partial charge < -0.3 is 28.8 Å². The first kappa shape index (κ1) is 67.0. The number of unbranched alkanes of at least 4 members (excludes halogenated alkanes) is 38. The molecule has 0 rings (SSSR count). The molecular formula is C59H117N2O6P. The lowest BCUT2D eigenvalue weighted by Gasteiger charge is -2.30. The maximum absolute atomic E-state index is 13.0. The van der Waals surface area contributed by atoms with Crippen LogP contribution in [0.2, 0.25) is 0 Å². The molecule has 0 aliphatic rings. The number of phosphoric acid groups is 1. The van der Waals surface area contributed by atoms with Crippen LogP contribution in [-0.4, -0.2) is 68.5 Å². The third kappa shape index (κ3) is 52.8. The lowest BCUT2D eigenvalue weighted by molar-refractivity contribution is -0.870. The van der Waals surface area contributed by atoms with Crippen LogP contribution in [0, 0.1) is 0 Å². The van der Waals surface area contributed by atoms with Crippen molar-refractivity contribution in [3.05, 3.63) is 24.3 Å². The summed E-state index contributed by atoms with van der Waals surface area (Å²) in [4.78, 5) is 25.5. The zero-order valence-electron chi connectivity index (χ0n) is 46.1. The summed E-state index contributed by atoms with van der Waals surface area (Å²) in [6.07, 6.45) is 63.5. The second-order valence-corrected chi connectivity index (χ2v) is 23.1. The number of hydrogen-bond donors (Lipinski definition) is 2. The quantitative estimate of drug-likeness (QED) is 0.0272. The Bertz CT molecular complexity index is 1160. The van der Waals surface area contributed by atoms with Gasteiger partial charge in [-0.05, 0) is 44.9 Å². The fourth-order valence-corrected chi connectivity index (χ4v) is 9.74. The van der Waals surface area contributed by atoms with Crippen LogP contribution in [0.1, 0.15) is 296 Å². The molecule has 0 radical (unpaired) electrons. The summed E-state index contributed by atoms with van der Waals surface area (Å²) in [5.74, 6) is -0.160. The molecule has 0 saturated heterocycles. The van der Waals surface area contributed by atoms with Crippen molar-refractivity contribution < 1.29 is 32.9 Å². The Morgan fingerprint density at radius 3 is 1.22 bits per heavy atom. The SMILES string of the molecule is CCCCCCC/C=C\C/C=C\CCCCCCCCCCCCCCCCCCCC(=O)NC(COP(=O)([O-])OCC[N+](C)(C)C)C(O)CCCCCCCCCCCCCCCCCCC. The van der Waals surface area contributed by atoms with Crippen LogP contribution >= 0.6 is 7.82 Å². The van der Waals surface area contributed by atoms with E-state index < -0.39 is 20.0 Å². The first-order valence-corrected chi connectivity index (χ1v) is 31.1. The number of aliphatic hydroxyl groups excluding tert-OH is 1. The van der Waals surface area contributed by atoms with E-state index in [1.807, 2.05) is 21.1 Å². The number of phosphoric ester groups is 1. The molecule has 0 aromatic rings. The highest BCUT2D eigenvalue weighted by Crippen LogP contribution is 2.38. The van der Waals surface area contributed by atoms with E-state index in [4.69, 9.17) is 9.05 Å². The second-order valence-electron chi connectivity index (χ2n) is 21.7. The lowest BCUT2D eigenvalue weighted by Crippen LogP contribution is -2.46. The number of quaternary nitrogens is 1. The van der Waals surface area contributed by atoms with E-state index in [-0.39, 0.29) is 19.1 Å². The summed E-state index contributed by atoms with van der Waals surface area (Å²) < 4.78 is 23.4. The van der Waals surface area contributed by atoms with Crippen molar-refractivity contribution in [3.8, 4) is 0 Å². The second kappa shape index (κ2) is 50.9. The number of nitrogens with zero attached hydrogens (tertiary/aromatic N) is 1. The van der Waals surface area contributed by atoms with Crippen molar-refractivity contribution in [2.24, 2.45) is 0 Å². The Balaban J connectivity index is 4.07. The van der Waals surface area contributed by atoms with Crippen LogP contribution in [0.3, 0.4) is 0 Å². The summed E-state index contributed by atoms with van der Waals surface area (Å²) in [6.45, 7) is 4.75. The first-order chi connectivity index (χ1) is 33.0. The van der Waals surface area contributed by atoms with Gasteiger partial charge in [0.05, 0.1) is 39.9 Å². The largest absolute Gasteiger partial charge is 0.756 e. The van der Waals surface area contributed by atoms with E-state index in [0.717, 1.165) is 44.9 Å². The molecule has 9 heteroatoms. The number of hydrogen-bond acceptors (Lipinski definition) is 6. The van der Waals surface area contributed by atoms with Crippen LogP contribution in [0.15, 0.2) is 24.3 Å². The van der Waals surface area contributed by atoms with Crippen molar-refractivity contribution in [2.45, 2.75) is 309 Å². The average Bonchev–Trinajstić information content (AvgIpc) is 3.30. The zero-order chi connectivity index (χ0) is 49.9. The Hall–Kier alpha value is -1.02. The summed E-state index contributed by atoms with van der Waals surface area (Å²) in [5.41, 5.74) is 0. The number of nitrogens with one attached hydrogen (secondary N) is 1. The molecule has 404 valence electrons. The number of carbonyl (C=O) groups excluding carboxylic acids is 1. The van der Waals surface area contributed by atoms with Gasteiger partial charge in [-0.2, -0.15) is 0 Å². The Labute approximate surface area is 424 Å². The normalized spacial score (nSPS) is 14.0. The van der Waals surface area contributed by atoms with Crippen molar-refractivity contribution in [2.75, 3.05) is 40.9 Å². The highest BCUT2D eigenvalue weighted by atomic mass is 31.2. The summed E-state index contributed by atoms with van der Waals surface area (Å²) in [7, 11) is 1.32. The minimum Gasteiger partial charge on any atom is -0.756 e. The van der Waals surface area contributed by atoms with Crippen LogP contribution in [0.4, 0.5) is 0 Å². The number of carbonyl (C=O) groups is 1. The van der Waals surface area contributed by atoms with E-state index in [9.17, 15) is 19.4 Å². The number of allylic oxidation sites excluding steroid dienone is 4. The van der Waals surface area contributed by atoms with Gasteiger partial charge in [-0.25, -0.2) is 0 Å². The standard InChI is InChI=1S/C59H117N2O6P/c1-6-8-10-12-14-16-18-20-22-24-25-26-27-28-29-30-31-32-33-34-35-37-39-41-43-45-47-49-51-53-59(63)60-57(56-67-68(64,65)66-55-54-61(3,4)5)58(62)52-50-48-46-44-42-40-38-36-23-21-19-17-15-13-11-9-7-2/h18,20,24-25,57-58,62H,6-17,19,21-23,26-56H2,1-5H3,(H-,60,63,64,65)/b20-18-,25-24-. The van der Waals surface area contributed by atoms with Crippen LogP contribution in [-0.2, 0) is 18.4 Å². The molecule has 0 saturated carbocycles. The number of aliphatic hydroxyl groups is 1. The summed E-state index contributed by atoms with van der Waals surface area (Å²) in [6, 6.07) is -0.798. The lowest BCUT2D eigenvalue weighted by atomic mass is 10.0. The molecule has 2 N–H and O–H groups in total. The molecule has 0 bridgehead atoms. The molecule has 0 aromatic carbocycles. The molecule has 1 amide bonds. The van der Waals surface area contributed by atoms with Crippen LogP contribution in [0.25, 0.3) is 0 Å². The first-order valence-electron chi connectivity index (χ1n) is 29.7. The molecule has 3 atom stereocenters. The summed E-state index contributed by atoms with van der Waals surface area (Å²) in [5, 5.41) is 14.0. The Morgan fingerprint density at radius 2 is 0.853 bits per heavy atom. The minimum absolute atomic E-state index is 0.0144. The minimum atomic E-state index is -4.57. The summed E-state index contributed by atoms with van der Waals surface area (Å²) >= 11 is 0. The average molecular weight is 982 g/mol. The number of likely N-dealkylation sites (N-methyl/N-ethyl adjacent to an activating group) is 1. The molecule has 0 spiro atoms. The third-order valence-electron chi connectivity index (χ3n) is 13.7. The molecule has 0 heterocycles. The van der Waals surface area contributed by atoms with Gasteiger partial charge in [0, 0.05) is 6.42 Å². The van der Waals surface area contributed by atoms with Crippen LogP contribution < -0.4 is 10.2 Å². The molecular weight excluding hydrogens is 864 g/mol. The van der Waals surface area contributed by atoms with Gasteiger partial charge in [-0.1, -0.05) is 269 Å². The predicted molar refractivity (Wildman–Crippen MR) is 293 cm³/mol. The van der Waals surface area contributed by atoms with E-state index in [2.05, 4.69) is 43.5 Å². The maximum Gasteiger partial charge on any atom is 0.268 e. The van der Waals surface area contributed by atoms with Gasteiger partial charge in [0.2, 0.25) is 5.91 Å². The smallest absolute Gasteiger partial charge is 0.268 e. The fraction of sp³-hybridized carbons (Fsp3) is 0.915. The zero-order valence-corrected chi connectivity index (χ0v) is 47.0. The van der Waals surface area contributed by atoms with Gasteiger partial charge in [0.25, 0.3) is 7.82 Å². The molecule has 0 aromatic heterocycles. The van der Waals surface area contributed by atoms with E-state index in [1.165, 1.54) is 225 Å². The van der Waals surface area contributed by atoms with Gasteiger partial charge in [-0.15, -0.1) is 0 Å². The number of amides is 1. The molecule has 68 heavy (non-hydrogen) atoms. The third-order valence-corrected chi connectivity index (χ3v) is 14.7. The highest BCUT2D eigenvalue weighted by molar-refractivity contribution is 7.45. The fourth-order valence-electron chi connectivity index (χ4n) is 9.01. The van der Waals surface area contributed by atoms with Gasteiger partial charge in [0.15, 0.2) is 0 Å². The molecule has 0 aliphatic heterocycles. The van der Waals surface area contributed by atoms with E-state index in [0.29, 0.717) is 23.9 Å². The van der Waals surface area contributed by atoms with E-state index >= 15 is 0 Å². The van der Waals surface area contributed by atoms with Crippen molar-refractivity contribution in [1.82, 2.24) is 5.32 Å². The monoisotopic (exact) mass is 981 g/mol. The highest BCUT2D eigenvalue weighted by Gasteiger charge is 2.24. The maximum atomic E-state index is 13.0. The Morgan fingerprint density at radius 1 is 0.515 bits per heavy atom. The predicted octanol–water partition coefficient (Wildman–Crippen LogP) is 17.4.